The number of piperidine rings is 1. The Morgan fingerprint density at radius 1 is 1.05 bits per heavy atom. The van der Waals surface area contributed by atoms with Crippen molar-refractivity contribution in [2.75, 3.05) is 18.0 Å². The van der Waals surface area contributed by atoms with E-state index in [9.17, 15) is 22.0 Å². The third-order valence-electron chi connectivity index (χ3n) is 6.53. The molecule has 1 fully saturated rings. The van der Waals surface area contributed by atoms with Crippen LogP contribution in [0.3, 0.4) is 0 Å². The molecule has 6 nitrogen and oxygen atoms in total. The van der Waals surface area contributed by atoms with Crippen LogP contribution in [0, 0.1) is 24.5 Å². The molecule has 0 aliphatic carbocycles. The van der Waals surface area contributed by atoms with Crippen molar-refractivity contribution in [1.82, 2.24) is 9.29 Å². The SMILES string of the molecule is Cc1ccc2nc(N(Cc3ccccc3)C(=O)C3CCN(S(=O)(=O)c4cc(F)ccc4F)CC3)sc2c1. The molecule has 1 aliphatic rings. The van der Waals surface area contributed by atoms with Gasteiger partial charge in [0.15, 0.2) is 5.13 Å². The minimum absolute atomic E-state index is 0.0346. The Balaban J connectivity index is 1.38. The van der Waals surface area contributed by atoms with Gasteiger partial charge in [0.05, 0.1) is 16.8 Å². The van der Waals surface area contributed by atoms with Crippen molar-refractivity contribution in [2.45, 2.75) is 31.2 Å². The molecule has 0 radical (unpaired) electrons. The number of fused-ring (bicyclic) bond motifs is 1. The smallest absolute Gasteiger partial charge is 0.246 e. The maximum Gasteiger partial charge on any atom is 0.246 e. The Bertz CT molecular complexity index is 1550. The van der Waals surface area contributed by atoms with Gasteiger partial charge in [0.2, 0.25) is 15.9 Å². The fourth-order valence-corrected chi connectivity index (χ4v) is 7.13. The number of thiazole rings is 1. The first-order chi connectivity index (χ1) is 17.7. The lowest BCUT2D eigenvalue weighted by atomic mass is 9.96. The lowest BCUT2D eigenvalue weighted by molar-refractivity contribution is -0.123. The van der Waals surface area contributed by atoms with Crippen LogP contribution in [0.5, 0.6) is 0 Å². The van der Waals surface area contributed by atoms with Crippen LogP contribution in [-0.2, 0) is 21.4 Å². The van der Waals surface area contributed by atoms with Gasteiger partial charge in [-0.3, -0.25) is 9.69 Å². The number of anilines is 1. The highest BCUT2D eigenvalue weighted by Crippen LogP contribution is 2.33. The highest BCUT2D eigenvalue weighted by atomic mass is 32.2. The van der Waals surface area contributed by atoms with Crippen molar-refractivity contribution in [3.63, 3.8) is 0 Å². The zero-order valence-corrected chi connectivity index (χ0v) is 21.7. The van der Waals surface area contributed by atoms with E-state index in [1.54, 1.807) is 4.90 Å². The summed E-state index contributed by atoms with van der Waals surface area (Å²) in [6, 6.07) is 18.0. The molecule has 192 valence electrons. The van der Waals surface area contributed by atoms with E-state index in [1.807, 2.05) is 55.5 Å². The van der Waals surface area contributed by atoms with Gasteiger partial charge in [-0.2, -0.15) is 4.31 Å². The fourth-order valence-electron chi connectivity index (χ4n) is 4.52. The van der Waals surface area contributed by atoms with Crippen molar-refractivity contribution >= 4 is 42.6 Å². The van der Waals surface area contributed by atoms with Crippen molar-refractivity contribution in [2.24, 2.45) is 5.92 Å². The summed E-state index contributed by atoms with van der Waals surface area (Å²) in [5.74, 6) is -2.39. The second-order valence-corrected chi connectivity index (χ2v) is 12.0. The average molecular weight is 542 g/mol. The van der Waals surface area contributed by atoms with Gasteiger partial charge >= 0.3 is 0 Å². The van der Waals surface area contributed by atoms with E-state index in [2.05, 4.69) is 0 Å². The van der Waals surface area contributed by atoms with Crippen LogP contribution in [0.15, 0.2) is 71.6 Å². The minimum atomic E-state index is -4.22. The summed E-state index contributed by atoms with van der Waals surface area (Å²) in [5.41, 5.74) is 2.87. The molecule has 0 atom stereocenters. The summed E-state index contributed by atoms with van der Waals surface area (Å²) < 4.78 is 55.9. The van der Waals surface area contributed by atoms with Crippen LogP contribution in [0.2, 0.25) is 0 Å². The second kappa shape index (κ2) is 10.3. The van der Waals surface area contributed by atoms with Crippen LogP contribution in [-0.4, -0.2) is 36.7 Å². The third kappa shape index (κ3) is 5.27. The number of rotatable bonds is 6. The van der Waals surface area contributed by atoms with Crippen LogP contribution in [0.1, 0.15) is 24.0 Å². The molecule has 4 aromatic rings. The number of hydrogen-bond donors (Lipinski definition) is 0. The highest BCUT2D eigenvalue weighted by Gasteiger charge is 2.36. The molecule has 1 aliphatic heterocycles. The number of aromatic nitrogens is 1. The molecule has 0 bridgehead atoms. The zero-order valence-electron chi connectivity index (χ0n) is 20.1. The van der Waals surface area contributed by atoms with Gasteiger partial charge in [-0.15, -0.1) is 0 Å². The van der Waals surface area contributed by atoms with Crippen molar-refractivity contribution in [1.29, 1.82) is 0 Å². The molecule has 0 unspecified atom stereocenters. The molecule has 0 spiro atoms. The molecule has 2 heterocycles. The van der Waals surface area contributed by atoms with E-state index in [-0.39, 0.29) is 31.8 Å². The zero-order chi connectivity index (χ0) is 26.2. The number of carbonyl (C=O) groups excluding carboxylic acids is 1. The van der Waals surface area contributed by atoms with Crippen molar-refractivity contribution in [3.05, 3.63) is 89.5 Å². The quantitative estimate of drug-likeness (QED) is 0.323. The van der Waals surface area contributed by atoms with Crippen molar-refractivity contribution < 1.29 is 22.0 Å². The van der Waals surface area contributed by atoms with Gasteiger partial charge in [-0.25, -0.2) is 22.2 Å². The van der Waals surface area contributed by atoms with Gasteiger partial charge in [-0.1, -0.05) is 47.7 Å². The normalized spacial score (nSPS) is 15.2. The van der Waals surface area contributed by atoms with E-state index < -0.39 is 32.5 Å². The molecule has 37 heavy (non-hydrogen) atoms. The summed E-state index contributed by atoms with van der Waals surface area (Å²) in [7, 11) is -4.22. The van der Waals surface area contributed by atoms with Gasteiger partial charge in [0.1, 0.15) is 16.5 Å². The Morgan fingerprint density at radius 2 is 1.78 bits per heavy atom. The Hall–Kier alpha value is -3.21. The molecule has 1 aromatic heterocycles. The minimum Gasteiger partial charge on any atom is -0.283 e. The van der Waals surface area contributed by atoms with E-state index in [0.29, 0.717) is 17.7 Å². The standard InChI is InChI=1S/C27H25F2N3O3S2/c1-18-7-10-23-24(15-18)36-27(30-23)32(17-19-5-3-2-4-6-19)26(33)20-11-13-31(14-12-20)37(34,35)25-16-21(28)8-9-22(25)29/h2-10,15-16,20H,11-14,17H2,1H3. The molecule has 3 aromatic carbocycles. The first-order valence-corrected chi connectivity index (χ1v) is 14.2. The predicted molar refractivity (Wildman–Crippen MR) is 140 cm³/mol. The average Bonchev–Trinajstić information content (AvgIpc) is 3.32. The summed E-state index contributed by atoms with van der Waals surface area (Å²) in [6.45, 7) is 2.41. The Kier molecular flexibility index (Phi) is 7.06. The lowest BCUT2D eigenvalue weighted by Gasteiger charge is -2.33. The second-order valence-electron chi connectivity index (χ2n) is 9.13. The van der Waals surface area contributed by atoms with Crippen molar-refractivity contribution in [3.8, 4) is 0 Å². The Morgan fingerprint density at radius 3 is 2.51 bits per heavy atom. The maximum absolute atomic E-state index is 14.2. The van der Waals surface area contributed by atoms with Gasteiger partial charge in [0, 0.05) is 19.0 Å². The number of aryl methyl sites for hydroxylation is 1. The number of amides is 1. The summed E-state index contributed by atoms with van der Waals surface area (Å²) in [6.07, 6.45) is 0.536. The van der Waals surface area contributed by atoms with E-state index in [4.69, 9.17) is 4.98 Å². The monoisotopic (exact) mass is 541 g/mol. The molecule has 10 heteroatoms. The molecule has 0 saturated carbocycles. The largest absolute Gasteiger partial charge is 0.283 e. The number of nitrogens with zero attached hydrogens (tertiary/aromatic N) is 3. The van der Waals surface area contributed by atoms with Gasteiger partial charge in [0.25, 0.3) is 0 Å². The molecule has 1 saturated heterocycles. The van der Waals surface area contributed by atoms with Crippen LogP contribution in [0.4, 0.5) is 13.9 Å². The highest BCUT2D eigenvalue weighted by molar-refractivity contribution is 7.89. The fraction of sp³-hybridized carbons (Fsp3) is 0.259. The lowest BCUT2D eigenvalue weighted by Crippen LogP contribution is -2.44. The number of hydrogen-bond acceptors (Lipinski definition) is 5. The predicted octanol–water partition coefficient (Wildman–Crippen LogP) is 5.52. The first kappa shape index (κ1) is 25.4. The first-order valence-electron chi connectivity index (χ1n) is 11.9. The van der Waals surface area contributed by atoms with Gasteiger partial charge < -0.3 is 0 Å². The molecular weight excluding hydrogens is 516 g/mol. The Labute approximate surface area is 218 Å². The number of halogens is 2. The molecular formula is C27H25F2N3O3S2. The topological polar surface area (TPSA) is 70.6 Å². The molecule has 5 rings (SSSR count). The summed E-state index contributed by atoms with van der Waals surface area (Å²) in [5, 5.41) is 0.589. The number of carbonyl (C=O) groups is 1. The van der Waals surface area contributed by atoms with E-state index in [0.717, 1.165) is 37.8 Å². The third-order valence-corrected chi connectivity index (χ3v) is 9.48. The van der Waals surface area contributed by atoms with Crippen LogP contribution in [0.25, 0.3) is 10.2 Å². The number of benzene rings is 3. The summed E-state index contributed by atoms with van der Waals surface area (Å²) >= 11 is 1.45. The van der Waals surface area contributed by atoms with Crippen LogP contribution < -0.4 is 4.90 Å². The molecule has 1 amide bonds. The van der Waals surface area contributed by atoms with Crippen LogP contribution >= 0.6 is 11.3 Å². The number of sulfonamides is 1. The van der Waals surface area contributed by atoms with Gasteiger partial charge in [-0.05, 0) is 61.2 Å². The van der Waals surface area contributed by atoms with E-state index >= 15 is 0 Å². The van der Waals surface area contributed by atoms with E-state index in [1.165, 1.54) is 11.3 Å². The summed E-state index contributed by atoms with van der Waals surface area (Å²) in [4.78, 5) is 19.5. The molecule has 0 N–H and O–H groups in total. The maximum atomic E-state index is 14.2.